The first-order chi connectivity index (χ1) is 7.64. The first-order valence-corrected chi connectivity index (χ1v) is 5.15. The molecule has 0 radical (unpaired) electrons. The summed E-state index contributed by atoms with van der Waals surface area (Å²) in [5.74, 6) is 0.210. The Kier molecular flexibility index (Phi) is 2.83. The fourth-order valence-corrected chi connectivity index (χ4v) is 1.67. The highest BCUT2D eigenvalue weighted by atomic mass is 16.6. The van der Waals surface area contributed by atoms with Gasteiger partial charge >= 0.3 is 5.97 Å². The molecular formula is C12H14O4. The Balaban J connectivity index is 2.23. The van der Waals surface area contributed by atoms with Crippen molar-refractivity contribution in [1.29, 1.82) is 0 Å². The lowest BCUT2D eigenvalue weighted by molar-refractivity contribution is -0.158. The van der Waals surface area contributed by atoms with E-state index in [4.69, 9.17) is 13.9 Å². The van der Waals surface area contributed by atoms with Crippen molar-refractivity contribution in [2.75, 3.05) is 13.2 Å². The summed E-state index contributed by atoms with van der Waals surface area (Å²) in [7, 11) is 0. The van der Waals surface area contributed by atoms with Gasteiger partial charge in [0.2, 0.25) is 0 Å². The third-order valence-electron chi connectivity index (χ3n) is 2.59. The number of hydrogen-bond donors (Lipinski definition) is 0. The zero-order valence-electron chi connectivity index (χ0n) is 9.19. The first-order valence-electron chi connectivity index (χ1n) is 5.15. The number of furan rings is 1. The van der Waals surface area contributed by atoms with Crippen LogP contribution in [0.15, 0.2) is 35.0 Å². The molecule has 2 heterocycles. The van der Waals surface area contributed by atoms with Crippen molar-refractivity contribution in [2.45, 2.75) is 18.9 Å². The van der Waals surface area contributed by atoms with Gasteiger partial charge in [-0.15, -0.1) is 0 Å². The van der Waals surface area contributed by atoms with E-state index in [1.165, 1.54) is 0 Å². The largest absolute Gasteiger partial charge is 0.465 e. The maximum absolute atomic E-state index is 11.6. The molecule has 4 nitrogen and oxygen atoms in total. The number of carbonyl (C=O) groups excluding carboxylic acids is 1. The minimum absolute atomic E-state index is 0.333. The van der Waals surface area contributed by atoms with Crippen molar-refractivity contribution in [3.05, 3.63) is 36.3 Å². The molecule has 2 rings (SSSR count). The van der Waals surface area contributed by atoms with Gasteiger partial charge in [-0.2, -0.15) is 0 Å². The van der Waals surface area contributed by atoms with Crippen LogP contribution in [0.1, 0.15) is 19.1 Å². The smallest absolute Gasteiger partial charge is 0.334 e. The molecule has 0 aliphatic carbocycles. The Hall–Kier alpha value is -1.55. The molecule has 0 aromatic carbocycles. The second-order valence-corrected chi connectivity index (χ2v) is 3.94. The molecule has 16 heavy (non-hydrogen) atoms. The lowest BCUT2D eigenvalue weighted by Gasteiger charge is -2.25. The maximum Gasteiger partial charge on any atom is 0.334 e. The van der Waals surface area contributed by atoms with Crippen molar-refractivity contribution < 1.29 is 18.7 Å². The van der Waals surface area contributed by atoms with Gasteiger partial charge in [-0.3, -0.25) is 0 Å². The van der Waals surface area contributed by atoms with Gasteiger partial charge in [0, 0.05) is 12.0 Å². The second-order valence-electron chi connectivity index (χ2n) is 3.94. The summed E-state index contributed by atoms with van der Waals surface area (Å²) in [4.78, 5) is 11.6. The summed E-state index contributed by atoms with van der Waals surface area (Å²) in [6, 6.07) is 3.56. The van der Waals surface area contributed by atoms with Crippen LogP contribution in [0.5, 0.6) is 0 Å². The van der Waals surface area contributed by atoms with Gasteiger partial charge in [-0.25, -0.2) is 4.79 Å². The SMILES string of the molecule is C=C(C)C(=O)OC1(c2ccco2)CCOC1. The molecule has 1 aromatic rings. The first kappa shape index (κ1) is 11.0. The molecule has 0 amide bonds. The van der Waals surface area contributed by atoms with E-state index in [0.717, 1.165) is 0 Å². The van der Waals surface area contributed by atoms with Crippen molar-refractivity contribution >= 4 is 5.97 Å². The molecule has 86 valence electrons. The minimum atomic E-state index is -0.778. The van der Waals surface area contributed by atoms with Crippen molar-refractivity contribution in [3.63, 3.8) is 0 Å². The van der Waals surface area contributed by atoms with Gasteiger partial charge < -0.3 is 13.9 Å². The Bertz CT molecular complexity index is 385. The van der Waals surface area contributed by atoms with E-state index in [1.54, 1.807) is 25.3 Å². The number of esters is 1. The Morgan fingerprint density at radius 2 is 2.44 bits per heavy atom. The van der Waals surface area contributed by atoms with Crippen LogP contribution in [0.2, 0.25) is 0 Å². The quantitative estimate of drug-likeness (QED) is 0.580. The highest BCUT2D eigenvalue weighted by molar-refractivity contribution is 5.87. The molecule has 1 aliphatic rings. The third kappa shape index (κ3) is 1.88. The van der Waals surface area contributed by atoms with Crippen LogP contribution in [-0.2, 0) is 19.9 Å². The van der Waals surface area contributed by atoms with E-state index in [-0.39, 0.29) is 0 Å². The highest BCUT2D eigenvalue weighted by Gasteiger charge is 2.43. The van der Waals surface area contributed by atoms with Crippen LogP contribution in [0, 0.1) is 0 Å². The van der Waals surface area contributed by atoms with E-state index >= 15 is 0 Å². The lowest BCUT2D eigenvalue weighted by atomic mass is 10.00. The molecule has 0 spiro atoms. The summed E-state index contributed by atoms with van der Waals surface area (Å²) in [6.45, 7) is 6.08. The Labute approximate surface area is 93.8 Å². The predicted octanol–water partition coefficient (Wildman–Crippen LogP) is 2.01. The van der Waals surface area contributed by atoms with E-state index in [1.807, 2.05) is 0 Å². The monoisotopic (exact) mass is 222 g/mol. The Morgan fingerprint density at radius 1 is 1.62 bits per heavy atom. The average molecular weight is 222 g/mol. The molecule has 4 heteroatoms. The third-order valence-corrected chi connectivity index (χ3v) is 2.59. The number of carbonyl (C=O) groups is 1. The van der Waals surface area contributed by atoms with Crippen LogP contribution in [0.3, 0.4) is 0 Å². The van der Waals surface area contributed by atoms with Crippen molar-refractivity contribution in [3.8, 4) is 0 Å². The number of ether oxygens (including phenoxy) is 2. The van der Waals surface area contributed by atoms with Gasteiger partial charge in [0.25, 0.3) is 0 Å². The average Bonchev–Trinajstić information content (AvgIpc) is 2.87. The standard InChI is InChI=1S/C12H14O4/c1-9(2)11(13)16-12(5-7-14-8-12)10-4-3-6-15-10/h3-4,6H,1,5,7-8H2,2H3. The fraction of sp³-hybridized carbons (Fsp3) is 0.417. The number of hydrogen-bond acceptors (Lipinski definition) is 4. The van der Waals surface area contributed by atoms with Crippen LogP contribution in [0.4, 0.5) is 0 Å². The zero-order chi connectivity index (χ0) is 11.6. The van der Waals surface area contributed by atoms with Gasteiger partial charge in [-0.05, 0) is 19.1 Å². The highest BCUT2D eigenvalue weighted by Crippen LogP contribution is 2.35. The molecule has 0 saturated carbocycles. The molecular weight excluding hydrogens is 208 g/mol. The zero-order valence-corrected chi connectivity index (χ0v) is 9.19. The van der Waals surface area contributed by atoms with Crippen LogP contribution in [-0.4, -0.2) is 19.2 Å². The number of rotatable bonds is 3. The molecule has 1 atom stereocenters. The van der Waals surface area contributed by atoms with Crippen molar-refractivity contribution in [2.24, 2.45) is 0 Å². The molecule has 1 unspecified atom stereocenters. The van der Waals surface area contributed by atoms with Crippen LogP contribution in [0.25, 0.3) is 0 Å². The molecule has 1 aromatic heterocycles. The molecule has 1 saturated heterocycles. The lowest BCUT2D eigenvalue weighted by Crippen LogP contribution is -2.32. The van der Waals surface area contributed by atoms with Gasteiger partial charge in [0.15, 0.2) is 5.60 Å². The van der Waals surface area contributed by atoms with E-state index < -0.39 is 11.6 Å². The molecule has 0 N–H and O–H groups in total. The molecule has 1 fully saturated rings. The predicted molar refractivity (Wildman–Crippen MR) is 56.7 cm³/mol. The van der Waals surface area contributed by atoms with E-state index in [0.29, 0.717) is 31.0 Å². The van der Waals surface area contributed by atoms with Crippen molar-refractivity contribution in [1.82, 2.24) is 0 Å². The maximum atomic E-state index is 11.6. The minimum Gasteiger partial charge on any atom is -0.465 e. The summed E-state index contributed by atoms with van der Waals surface area (Å²) < 4.78 is 16.1. The van der Waals surface area contributed by atoms with Gasteiger partial charge in [0.05, 0.1) is 19.5 Å². The summed E-state index contributed by atoms with van der Waals surface area (Å²) in [6.07, 6.45) is 2.17. The molecule has 0 bridgehead atoms. The Morgan fingerprint density at radius 3 is 2.94 bits per heavy atom. The molecule has 1 aliphatic heterocycles. The van der Waals surface area contributed by atoms with E-state index in [9.17, 15) is 4.79 Å². The normalized spacial score (nSPS) is 24.3. The second kappa shape index (κ2) is 4.14. The van der Waals surface area contributed by atoms with Gasteiger partial charge in [0.1, 0.15) is 5.76 Å². The fourth-order valence-electron chi connectivity index (χ4n) is 1.67. The summed E-state index contributed by atoms with van der Waals surface area (Å²) in [5, 5.41) is 0. The summed E-state index contributed by atoms with van der Waals surface area (Å²) in [5.41, 5.74) is -0.405. The van der Waals surface area contributed by atoms with E-state index in [2.05, 4.69) is 6.58 Å². The summed E-state index contributed by atoms with van der Waals surface area (Å²) >= 11 is 0. The topological polar surface area (TPSA) is 48.7 Å². The van der Waals surface area contributed by atoms with Gasteiger partial charge in [-0.1, -0.05) is 6.58 Å². The van der Waals surface area contributed by atoms with Crippen LogP contribution < -0.4 is 0 Å². The van der Waals surface area contributed by atoms with Crippen LogP contribution >= 0.6 is 0 Å².